The first-order valence-electron chi connectivity index (χ1n) is 8.96. The fourth-order valence-corrected chi connectivity index (χ4v) is 2.78. The number of amides is 2. The minimum absolute atomic E-state index is 0.00396. The van der Waals surface area contributed by atoms with Gasteiger partial charge >= 0.3 is 6.09 Å². The molecule has 6 heteroatoms. The highest BCUT2D eigenvalue weighted by Crippen LogP contribution is 2.22. The molecule has 1 rings (SSSR count). The summed E-state index contributed by atoms with van der Waals surface area (Å²) in [4.78, 5) is 28.4. The zero-order chi connectivity index (χ0) is 18.7. The fraction of sp³-hybridized carbons (Fsp3) is 0.889. The number of hydrogen-bond donors (Lipinski definition) is 1. The molecular weight excluding hydrogens is 306 g/mol. The SMILES string of the molecule is CC(C)[C@H](N)C(=O)N(C[C@@H]1CCN(C(=O)OC(C)(C)C)C1)C(C)C. The molecule has 2 atom stereocenters. The lowest BCUT2D eigenvalue weighted by Crippen LogP contribution is -2.51. The summed E-state index contributed by atoms with van der Waals surface area (Å²) in [5, 5.41) is 0. The zero-order valence-electron chi connectivity index (χ0n) is 16.3. The van der Waals surface area contributed by atoms with E-state index in [-0.39, 0.29) is 29.9 Å². The van der Waals surface area contributed by atoms with Crippen LogP contribution in [0.4, 0.5) is 4.79 Å². The first kappa shape index (κ1) is 20.7. The predicted molar refractivity (Wildman–Crippen MR) is 95.6 cm³/mol. The van der Waals surface area contributed by atoms with Gasteiger partial charge in [0.2, 0.25) is 5.91 Å². The van der Waals surface area contributed by atoms with E-state index < -0.39 is 11.6 Å². The molecule has 6 nitrogen and oxygen atoms in total. The Morgan fingerprint density at radius 2 is 1.83 bits per heavy atom. The molecule has 0 aromatic rings. The van der Waals surface area contributed by atoms with Crippen molar-refractivity contribution in [2.75, 3.05) is 19.6 Å². The van der Waals surface area contributed by atoms with Crippen LogP contribution in [-0.4, -0.2) is 59.1 Å². The van der Waals surface area contributed by atoms with Crippen molar-refractivity contribution in [3.63, 3.8) is 0 Å². The fourth-order valence-electron chi connectivity index (χ4n) is 2.78. The van der Waals surface area contributed by atoms with Crippen molar-refractivity contribution in [2.45, 2.75) is 72.6 Å². The van der Waals surface area contributed by atoms with Crippen molar-refractivity contribution >= 4 is 12.0 Å². The Hall–Kier alpha value is -1.30. The Morgan fingerprint density at radius 3 is 2.29 bits per heavy atom. The highest BCUT2D eigenvalue weighted by molar-refractivity contribution is 5.82. The molecule has 1 saturated heterocycles. The smallest absolute Gasteiger partial charge is 0.410 e. The standard InChI is InChI=1S/C18H35N3O3/c1-12(2)15(19)16(22)21(13(3)4)11-14-8-9-20(10-14)17(23)24-18(5,6)7/h12-15H,8-11,19H2,1-7H3/t14-,15+/m1/s1. The van der Waals surface area contributed by atoms with Crippen molar-refractivity contribution in [1.29, 1.82) is 0 Å². The van der Waals surface area contributed by atoms with Crippen molar-refractivity contribution < 1.29 is 14.3 Å². The molecule has 2 N–H and O–H groups in total. The molecule has 0 aliphatic carbocycles. The minimum Gasteiger partial charge on any atom is -0.444 e. The number of carbonyl (C=O) groups excluding carboxylic acids is 2. The van der Waals surface area contributed by atoms with Crippen LogP contribution < -0.4 is 5.73 Å². The molecule has 1 fully saturated rings. The average molecular weight is 341 g/mol. The Labute approximate surface area is 146 Å². The molecule has 2 amide bonds. The molecule has 0 aromatic heterocycles. The van der Waals surface area contributed by atoms with Crippen LogP contribution in [-0.2, 0) is 9.53 Å². The van der Waals surface area contributed by atoms with Crippen LogP contribution >= 0.6 is 0 Å². The second-order valence-electron chi connectivity index (χ2n) is 8.44. The Morgan fingerprint density at radius 1 is 1.25 bits per heavy atom. The highest BCUT2D eigenvalue weighted by atomic mass is 16.6. The van der Waals surface area contributed by atoms with E-state index in [4.69, 9.17) is 10.5 Å². The monoisotopic (exact) mass is 341 g/mol. The first-order valence-corrected chi connectivity index (χ1v) is 8.96. The summed E-state index contributed by atoms with van der Waals surface area (Å²) >= 11 is 0. The van der Waals surface area contributed by atoms with E-state index >= 15 is 0 Å². The molecule has 0 spiro atoms. The topological polar surface area (TPSA) is 75.9 Å². The molecule has 140 valence electrons. The summed E-state index contributed by atoms with van der Waals surface area (Å²) in [6.45, 7) is 15.5. The van der Waals surface area contributed by atoms with Crippen LogP contribution in [0.5, 0.6) is 0 Å². The minimum atomic E-state index is -0.487. The average Bonchev–Trinajstić information content (AvgIpc) is 2.89. The van der Waals surface area contributed by atoms with Gasteiger partial charge in [0.05, 0.1) is 6.04 Å². The third-order valence-electron chi connectivity index (χ3n) is 4.30. The van der Waals surface area contributed by atoms with Gasteiger partial charge in [0.1, 0.15) is 5.60 Å². The number of likely N-dealkylation sites (tertiary alicyclic amines) is 1. The van der Waals surface area contributed by atoms with Crippen molar-refractivity contribution in [1.82, 2.24) is 9.80 Å². The van der Waals surface area contributed by atoms with Gasteiger partial charge in [-0.05, 0) is 52.9 Å². The summed E-state index contributed by atoms with van der Waals surface area (Å²) in [5.41, 5.74) is 5.56. The van der Waals surface area contributed by atoms with E-state index in [0.717, 1.165) is 6.42 Å². The second kappa shape index (κ2) is 8.19. The molecule has 0 saturated carbocycles. The molecule has 1 heterocycles. The Kier molecular flexibility index (Phi) is 7.08. The van der Waals surface area contributed by atoms with E-state index in [2.05, 4.69) is 0 Å². The Balaban J connectivity index is 2.64. The third kappa shape index (κ3) is 5.96. The molecule has 0 bridgehead atoms. The molecule has 1 aliphatic rings. The van der Waals surface area contributed by atoms with Gasteiger partial charge in [-0.25, -0.2) is 4.79 Å². The molecule has 24 heavy (non-hydrogen) atoms. The maximum atomic E-state index is 12.6. The summed E-state index contributed by atoms with van der Waals surface area (Å²) in [6.07, 6.45) is 0.610. The number of nitrogens with zero attached hydrogens (tertiary/aromatic N) is 2. The van der Waals surface area contributed by atoms with Gasteiger partial charge in [-0.2, -0.15) is 0 Å². The second-order valence-corrected chi connectivity index (χ2v) is 8.44. The Bertz CT molecular complexity index is 443. The third-order valence-corrected chi connectivity index (χ3v) is 4.30. The number of hydrogen-bond acceptors (Lipinski definition) is 4. The molecule has 1 aliphatic heterocycles. The summed E-state index contributed by atoms with van der Waals surface area (Å²) in [7, 11) is 0. The van der Waals surface area contributed by atoms with Crippen LogP contribution in [0.15, 0.2) is 0 Å². The van der Waals surface area contributed by atoms with Crippen LogP contribution in [0.1, 0.15) is 54.9 Å². The normalized spacial score (nSPS) is 19.8. The van der Waals surface area contributed by atoms with Gasteiger partial charge in [0.25, 0.3) is 0 Å². The summed E-state index contributed by atoms with van der Waals surface area (Å²) in [6, 6.07) is -0.381. The first-order chi connectivity index (χ1) is 10.9. The number of ether oxygens (including phenoxy) is 1. The zero-order valence-corrected chi connectivity index (χ0v) is 16.3. The van der Waals surface area contributed by atoms with Gasteiger partial charge < -0.3 is 20.3 Å². The number of carbonyl (C=O) groups is 2. The van der Waals surface area contributed by atoms with Crippen LogP contribution in [0, 0.1) is 11.8 Å². The maximum absolute atomic E-state index is 12.6. The van der Waals surface area contributed by atoms with E-state index in [0.29, 0.717) is 19.6 Å². The molecule has 0 aromatic carbocycles. The largest absolute Gasteiger partial charge is 0.444 e. The lowest BCUT2D eigenvalue weighted by atomic mass is 10.0. The van der Waals surface area contributed by atoms with Gasteiger partial charge in [0, 0.05) is 25.7 Å². The summed E-state index contributed by atoms with van der Waals surface area (Å²) in [5.74, 6) is 0.375. The van der Waals surface area contributed by atoms with Gasteiger partial charge in [-0.1, -0.05) is 13.8 Å². The van der Waals surface area contributed by atoms with Crippen molar-refractivity contribution in [3.05, 3.63) is 0 Å². The lowest BCUT2D eigenvalue weighted by Gasteiger charge is -2.32. The molecule has 0 radical (unpaired) electrons. The van der Waals surface area contributed by atoms with Crippen molar-refractivity contribution in [3.8, 4) is 0 Å². The lowest BCUT2D eigenvalue weighted by molar-refractivity contribution is -0.135. The van der Waals surface area contributed by atoms with Crippen LogP contribution in [0.25, 0.3) is 0 Å². The van der Waals surface area contributed by atoms with E-state index in [9.17, 15) is 9.59 Å². The van der Waals surface area contributed by atoms with Crippen LogP contribution in [0.2, 0.25) is 0 Å². The van der Waals surface area contributed by atoms with E-state index in [1.54, 1.807) is 4.90 Å². The highest BCUT2D eigenvalue weighted by Gasteiger charge is 2.33. The predicted octanol–water partition coefficient (Wildman–Crippen LogP) is 2.46. The van der Waals surface area contributed by atoms with Crippen LogP contribution in [0.3, 0.4) is 0 Å². The maximum Gasteiger partial charge on any atom is 0.410 e. The van der Waals surface area contributed by atoms with Gasteiger partial charge in [0.15, 0.2) is 0 Å². The van der Waals surface area contributed by atoms with Crippen molar-refractivity contribution in [2.24, 2.45) is 17.6 Å². The van der Waals surface area contributed by atoms with Gasteiger partial charge in [-0.3, -0.25) is 4.79 Å². The molecular formula is C18H35N3O3. The molecule has 0 unspecified atom stereocenters. The van der Waals surface area contributed by atoms with E-state index in [1.807, 2.05) is 53.4 Å². The van der Waals surface area contributed by atoms with E-state index in [1.165, 1.54) is 0 Å². The van der Waals surface area contributed by atoms with Gasteiger partial charge in [-0.15, -0.1) is 0 Å². The summed E-state index contributed by atoms with van der Waals surface area (Å²) < 4.78 is 5.43. The number of rotatable bonds is 5. The quantitative estimate of drug-likeness (QED) is 0.833. The number of nitrogens with two attached hydrogens (primary N) is 1.